The predicted molar refractivity (Wildman–Crippen MR) is 94.5 cm³/mol. The topological polar surface area (TPSA) is 52.4 Å². The third-order valence-electron chi connectivity index (χ3n) is 5.23. The van der Waals surface area contributed by atoms with Crippen LogP contribution in [-0.2, 0) is 24.2 Å². The minimum absolute atomic E-state index is 0.160. The lowest BCUT2D eigenvalue weighted by molar-refractivity contribution is 0.0749. The normalized spacial score (nSPS) is 20.5. The molecule has 1 aliphatic carbocycles. The summed E-state index contributed by atoms with van der Waals surface area (Å²) in [5, 5.41) is 8.97. The third kappa shape index (κ3) is 3.55. The Hall–Kier alpha value is -1.92. The smallest absolute Gasteiger partial charge is 0.119 e. The molecule has 134 valence electrons. The van der Waals surface area contributed by atoms with E-state index in [-0.39, 0.29) is 6.04 Å². The van der Waals surface area contributed by atoms with Crippen molar-refractivity contribution in [2.45, 2.75) is 38.4 Å². The molecule has 2 aromatic rings. The van der Waals surface area contributed by atoms with Crippen LogP contribution < -0.4 is 4.74 Å². The Labute approximate surface area is 148 Å². The van der Waals surface area contributed by atoms with Gasteiger partial charge in [-0.15, -0.1) is 5.10 Å². The van der Waals surface area contributed by atoms with E-state index in [2.05, 4.69) is 32.0 Å². The van der Waals surface area contributed by atoms with Crippen LogP contribution in [0.15, 0.2) is 24.3 Å². The highest BCUT2D eigenvalue weighted by Gasteiger charge is 2.33. The summed E-state index contributed by atoms with van der Waals surface area (Å²) in [6.07, 6.45) is 3.66. The van der Waals surface area contributed by atoms with Gasteiger partial charge in [0.25, 0.3) is 0 Å². The minimum atomic E-state index is 0.160. The fraction of sp³-hybridized carbons (Fsp3) is 0.579. The van der Waals surface area contributed by atoms with Crippen LogP contribution in [0, 0.1) is 5.92 Å². The Balaban J connectivity index is 1.55. The maximum Gasteiger partial charge on any atom is 0.119 e. The van der Waals surface area contributed by atoms with E-state index in [4.69, 9.17) is 9.47 Å². The first-order valence-electron chi connectivity index (χ1n) is 9.06. The number of rotatable bonds is 7. The van der Waals surface area contributed by atoms with Crippen LogP contribution in [0.3, 0.4) is 0 Å². The number of methoxy groups -OCH3 is 2. The second kappa shape index (κ2) is 7.14. The minimum Gasteiger partial charge on any atom is -0.497 e. The van der Waals surface area contributed by atoms with E-state index in [0.29, 0.717) is 6.61 Å². The molecule has 4 rings (SSSR count). The monoisotopic (exact) mass is 342 g/mol. The summed E-state index contributed by atoms with van der Waals surface area (Å²) in [6.45, 7) is 3.52. The van der Waals surface area contributed by atoms with Crippen molar-refractivity contribution in [3.63, 3.8) is 0 Å². The Morgan fingerprint density at radius 2 is 2.12 bits per heavy atom. The van der Waals surface area contributed by atoms with E-state index >= 15 is 0 Å². The van der Waals surface area contributed by atoms with Crippen molar-refractivity contribution >= 4 is 0 Å². The number of benzene rings is 1. The second-order valence-electron chi connectivity index (χ2n) is 7.09. The first-order chi connectivity index (χ1) is 12.3. The maximum absolute atomic E-state index is 5.51. The molecule has 1 aliphatic heterocycles. The zero-order chi connectivity index (χ0) is 17.2. The van der Waals surface area contributed by atoms with Gasteiger partial charge in [0, 0.05) is 33.2 Å². The molecular weight excluding hydrogens is 316 g/mol. The summed E-state index contributed by atoms with van der Waals surface area (Å²) in [6, 6.07) is 8.43. The van der Waals surface area contributed by atoms with Gasteiger partial charge < -0.3 is 9.47 Å². The van der Waals surface area contributed by atoms with Gasteiger partial charge in [0.15, 0.2) is 0 Å². The SMILES string of the molecule is COCC1c2nnn(CC3CC3)c2CCN1Cc1cccc(OC)c1. The molecule has 0 radical (unpaired) electrons. The van der Waals surface area contributed by atoms with Gasteiger partial charge in [-0.25, -0.2) is 4.68 Å². The van der Waals surface area contributed by atoms with Crippen molar-refractivity contribution < 1.29 is 9.47 Å². The second-order valence-corrected chi connectivity index (χ2v) is 7.09. The highest BCUT2D eigenvalue weighted by Crippen LogP contribution is 2.34. The molecule has 2 aliphatic rings. The van der Waals surface area contributed by atoms with Crippen molar-refractivity contribution in [1.29, 1.82) is 0 Å². The van der Waals surface area contributed by atoms with Crippen molar-refractivity contribution in [1.82, 2.24) is 19.9 Å². The molecule has 25 heavy (non-hydrogen) atoms. The van der Waals surface area contributed by atoms with E-state index in [1.165, 1.54) is 24.1 Å². The molecule has 1 atom stereocenters. The molecule has 1 aromatic carbocycles. The largest absolute Gasteiger partial charge is 0.497 e. The molecule has 1 aromatic heterocycles. The first kappa shape index (κ1) is 16.5. The van der Waals surface area contributed by atoms with Crippen LogP contribution in [0.25, 0.3) is 0 Å². The third-order valence-corrected chi connectivity index (χ3v) is 5.23. The summed E-state index contributed by atoms with van der Waals surface area (Å²) >= 11 is 0. The van der Waals surface area contributed by atoms with E-state index in [1.807, 2.05) is 12.1 Å². The van der Waals surface area contributed by atoms with Gasteiger partial charge in [0.1, 0.15) is 11.4 Å². The molecule has 1 unspecified atom stereocenters. The molecule has 1 fully saturated rings. The van der Waals surface area contributed by atoms with E-state index in [1.54, 1.807) is 14.2 Å². The van der Waals surface area contributed by atoms with E-state index < -0.39 is 0 Å². The summed E-state index contributed by atoms with van der Waals surface area (Å²) < 4.78 is 13.0. The summed E-state index contributed by atoms with van der Waals surface area (Å²) in [5.74, 6) is 1.70. The lowest BCUT2D eigenvalue weighted by Gasteiger charge is -2.34. The number of hydrogen-bond acceptors (Lipinski definition) is 5. The van der Waals surface area contributed by atoms with Crippen LogP contribution >= 0.6 is 0 Å². The molecule has 0 amide bonds. The van der Waals surface area contributed by atoms with Crippen LogP contribution in [-0.4, -0.2) is 47.3 Å². The molecule has 0 spiro atoms. The average molecular weight is 342 g/mol. The zero-order valence-electron chi connectivity index (χ0n) is 15.0. The lowest BCUT2D eigenvalue weighted by atomic mass is 10.0. The Bertz CT molecular complexity index is 726. The number of fused-ring (bicyclic) bond motifs is 1. The average Bonchev–Trinajstić information content (AvgIpc) is 3.36. The van der Waals surface area contributed by atoms with Gasteiger partial charge >= 0.3 is 0 Å². The van der Waals surface area contributed by atoms with Crippen molar-refractivity contribution in [2.75, 3.05) is 27.4 Å². The number of aromatic nitrogens is 3. The van der Waals surface area contributed by atoms with Gasteiger partial charge in [-0.3, -0.25) is 4.90 Å². The molecular formula is C19H26N4O2. The number of nitrogens with zero attached hydrogens (tertiary/aromatic N) is 4. The van der Waals surface area contributed by atoms with Crippen molar-refractivity contribution in [3.8, 4) is 5.75 Å². The molecule has 0 N–H and O–H groups in total. The zero-order valence-corrected chi connectivity index (χ0v) is 15.0. The molecule has 6 nitrogen and oxygen atoms in total. The molecule has 2 heterocycles. The van der Waals surface area contributed by atoms with Crippen molar-refractivity contribution in [3.05, 3.63) is 41.2 Å². The Morgan fingerprint density at radius 3 is 2.88 bits per heavy atom. The Kier molecular flexibility index (Phi) is 4.72. The van der Waals surface area contributed by atoms with Crippen LogP contribution in [0.1, 0.15) is 35.8 Å². The molecule has 0 bridgehead atoms. The predicted octanol–water partition coefficient (Wildman–Crippen LogP) is 2.44. The molecule has 6 heteroatoms. The summed E-state index contributed by atoms with van der Waals surface area (Å²) in [4.78, 5) is 2.44. The van der Waals surface area contributed by atoms with Gasteiger partial charge in [0.2, 0.25) is 0 Å². The summed E-state index contributed by atoms with van der Waals surface area (Å²) in [7, 11) is 3.46. The van der Waals surface area contributed by atoms with E-state index in [9.17, 15) is 0 Å². The Morgan fingerprint density at radius 1 is 1.24 bits per heavy atom. The van der Waals surface area contributed by atoms with Crippen LogP contribution in [0.2, 0.25) is 0 Å². The van der Waals surface area contributed by atoms with E-state index in [0.717, 1.165) is 43.4 Å². The fourth-order valence-electron chi connectivity index (χ4n) is 3.67. The number of ether oxygens (including phenoxy) is 2. The molecule has 0 saturated heterocycles. The van der Waals surface area contributed by atoms with Crippen LogP contribution in [0.4, 0.5) is 0 Å². The van der Waals surface area contributed by atoms with Gasteiger partial charge in [-0.1, -0.05) is 17.3 Å². The quantitative estimate of drug-likeness (QED) is 0.774. The fourth-order valence-corrected chi connectivity index (χ4v) is 3.67. The highest BCUT2D eigenvalue weighted by atomic mass is 16.5. The van der Waals surface area contributed by atoms with Gasteiger partial charge in [0.05, 0.1) is 25.5 Å². The molecule has 1 saturated carbocycles. The summed E-state index contributed by atoms with van der Waals surface area (Å²) in [5.41, 5.74) is 3.64. The number of hydrogen-bond donors (Lipinski definition) is 0. The van der Waals surface area contributed by atoms with Crippen LogP contribution in [0.5, 0.6) is 5.75 Å². The highest BCUT2D eigenvalue weighted by molar-refractivity contribution is 5.29. The lowest BCUT2D eigenvalue weighted by Crippen LogP contribution is -2.38. The maximum atomic E-state index is 5.51. The first-order valence-corrected chi connectivity index (χ1v) is 9.06. The van der Waals surface area contributed by atoms with Gasteiger partial charge in [-0.2, -0.15) is 0 Å². The van der Waals surface area contributed by atoms with Crippen molar-refractivity contribution in [2.24, 2.45) is 5.92 Å². The van der Waals surface area contributed by atoms with Gasteiger partial charge in [-0.05, 0) is 36.5 Å². The standard InChI is InChI=1S/C19H26N4O2/c1-24-13-18-19-17(23(21-20-19)12-14-6-7-14)8-9-22(18)11-15-4-3-5-16(10-15)25-2/h3-5,10,14,18H,6-9,11-13H2,1-2H3.